The molecule has 1 unspecified atom stereocenters. The Kier molecular flexibility index (Phi) is 6.21. The highest BCUT2D eigenvalue weighted by molar-refractivity contribution is 5.94. The maximum Gasteiger partial charge on any atom is 0.251 e. The molecule has 0 saturated heterocycles. The molecule has 7 heteroatoms. The number of aryl methyl sites for hydroxylation is 1. The summed E-state index contributed by atoms with van der Waals surface area (Å²) in [6, 6.07) is 16.8. The molecule has 1 N–H and O–H groups in total. The highest BCUT2D eigenvalue weighted by Gasteiger charge is 2.20. The number of amides is 1. The van der Waals surface area contributed by atoms with Crippen LogP contribution >= 0.6 is 0 Å². The van der Waals surface area contributed by atoms with Gasteiger partial charge in [-0.1, -0.05) is 31.5 Å². The molecular formula is C24H25N5O2. The van der Waals surface area contributed by atoms with Crippen LogP contribution < -0.4 is 10.1 Å². The molecule has 7 nitrogen and oxygen atoms in total. The van der Waals surface area contributed by atoms with E-state index < -0.39 is 0 Å². The van der Waals surface area contributed by atoms with Crippen LogP contribution in [0.5, 0.6) is 5.75 Å². The number of pyridine rings is 2. The van der Waals surface area contributed by atoms with Crippen LogP contribution in [0.4, 0.5) is 0 Å². The fraction of sp³-hybridized carbons (Fsp3) is 0.250. The maximum absolute atomic E-state index is 13.0. The van der Waals surface area contributed by atoms with Gasteiger partial charge in [-0.15, -0.1) is 10.2 Å². The molecule has 0 aliphatic rings. The van der Waals surface area contributed by atoms with Crippen LogP contribution in [-0.2, 0) is 6.61 Å². The molecule has 158 valence electrons. The van der Waals surface area contributed by atoms with Crippen molar-refractivity contribution < 1.29 is 9.53 Å². The molecule has 0 saturated carbocycles. The molecule has 0 radical (unpaired) electrons. The zero-order valence-corrected chi connectivity index (χ0v) is 17.7. The van der Waals surface area contributed by atoms with E-state index >= 15 is 0 Å². The number of rotatable bonds is 8. The van der Waals surface area contributed by atoms with Gasteiger partial charge in [0, 0.05) is 17.5 Å². The summed E-state index contributed by atoms with van der Waals surface area (Å²) < 4.78 is 7.71. The minimum Gasteiger partial charge on any atom is -0.487 e. The second kappa shape index (κ2) is 9.38. The second-order valence-corrected chi connectivity index (χ2v) is 7.43. The Hall–Kier alpha value is -3.74. The Morgan fingerprint density at radius 1 is 1.13 bits per heavy atom. The van der Waals surface area contributed by atoms with Gasteiger partial charge in [-0.3, -0.25) is 14.2 Å². The van der Waals surface area contributed by atoms with Crippen molar-refractivity contribution in [3.63, 3.8) is 0 Å². The zero-order valence-electron chi connectivity index (χ0n) is 17.7. The highest BCUT2D eigenvalue weighted by Crippen LogP contribution is 2.19. The molecule has 0 spiro atoms. The number of aromatic nitrogens is 4. The van der Waals surface area contributed by atoms with Crippen molar-refractivity contribution in [2.45, 2.75) is 39.3 Å². The number of ether oxygens (including phenoxy) is 1. The Balaban J connectivity index is 1.47. The molecule has 31 heavy (non-hydrogen) atoms. The molecular weight excluding hydrogens is 390 g/mol. The Morgan fingerprint density at radius 2 is 2.03 bits per heavy atom. The summed E-state index contributed by atoms with van der Waals surface area (Å²) in [4.78, 5) is 17.2. The number of carbonyl (C=O) groups excluding carboxylic acids is 1. The first-order valence-electron chi connectivity index (χ1n) is 10.4. The molecule has 0 aliphatic heterocycles. The van der Waals surface area contributed by atoms with Crippen LogP contribution in [0, 0.1) is 6.92 Å². The third kappa shape index (κ3) is 4.88. The summed E-state index contributed by atoms with van der Waals surface area (Å²) in [5, 5.41) is 11.7. The summed E-state index contributed by atoms with van der Waals surface area (Å²) >= 11 is 0. The fourth-order valence-corrected chi connectivity index (χ4v) is 3.40. The lowest BCUT2D eigenvalue weighted by Crippen LogP contribution is -2.30. The van der Waals surface area contributed by atoms with Gasteiger partial charge in [0.15, 0.2) is 11.5 Å². The lowest BCUT2D eigenvalue weighted by atomic mass is 10.1. The van der Waals surface area contributed by atoms with Gasteiger partial charge in [-0.25, -0.2) is 0 Å². The normalized spacial score (nSPS) is 11.9. The molecule has 1 aromatic carbocycles. The predicted molar refractivity (Wildman–Crippen MR) is 118 cm³/mol. The number of nitrogens with zero attached hydrogens (tertiary/aromatic N) is 4. The average Bonchev–Trinajstić information content (AvgIpc) is 3.23. The monoisotopic (exact) mass is 415 g/mol. The Labute approximate surface area is 181 Å². The highest BCUT2D eigenvalue weighted by atomic mass is 16.5. The molecule has 0 fully saturated rings. The van der Waals surface area contributed by atoms with Gasteiger partial charge < -0.3 is 10.1 Å². The van der Waals surface area contributed by atoms with E-state index in [4.69, 9.17) is 4.74 Å². The Morgan fingerprint density at radius 3 is 2.84 bits per heavy atom. The fourth-order valence-electron chi connectivity index (χ4n) is 3.40. The maximum atomic E-state index is 13.0. The van der Waals surface area contributed by atoms with Gasteiger partial charge in [-0.05, 0) is 55.3 Å². The molecule has 3 aromatic heterocycles. The molecule has 0 bridgehead atoms. The molecule has 3 heterocycles. The van der Waals surface area contributed by atoms with E-state index in [2.05, 4.69) is 27.4 Å². The van der Waals surface area contributed by atoms with Crippen molar-refractivity contribution in [2.75, 3.05) is 0 Å². The number of nitrogens with one attached hydrogen (secondary N) is 1. The minimum absolute atomic E-state index is 0.148. The lowest BCUT2D eigenvalue weighted by Gasteiger charge is -2.17. The first-order chi connectivity index (χ1) is 15.1. The molecule has 0 aliphatic carbocycles. The first-order valence-corrected chi connectivity index (χ1v) is 10.4. The lowest BCUT2D eigenvalue weighted by molar-refractivity contribution is 0.0932. The van der Waals surface area contributed by atoms with Gasteiger partial charge >= 0.3 is 0 Å². The van der Waals surface area contributed by atoms with Gasteiger partial charge in [0.05, 0.1) is 12.2 Å². The number of fused-ring (bicyclic) bond motifs is 1. The van der Waals surface area contributed by atoms with Gasteiger partial charge in [-0.2, -0.15) is 0 Å². The van der Waals surface area contributed by atoms with Crippen molar-refractivity contribution in [1.82, 2.24) is 24.9 Å². The van der Waals surface area contributed by atoms with Crippen LogP contribution in [0.3, 0.4) is 0 Å². The minimum atomic E-state index is -0.228. The van der Waals surface area contributed by atoms with Crippen LogP contribution in [0.2, 0.25) is 0 Å². The largest absolute Gasteiger partial charge is 0.487 e. The summed E-state index contributed by atoms with van der Waals surface area (Å²) in [6.45, 7) is 4.37. The molecule has 1 atom stereocenters. The third-order valence-electron chi connectivity index (χ3n) is 5.01. The molecule has 1 amide bonds. The zero-order chi connectivity index (χ0) is 21.6. The summed E-state index contributed by atoms with van der Waals surface area (Å²) in [7, 11) is 0. The Bertz CT molecular complexity index is 1170. The summed E-state index contributed by atoms with van der Waals surface area (Å²) in [5.74, 6) is 1.28. The topological polar surface area (TPSA) is 81.4 Å². The van der Waals surface area contributed by atoms with Crippen molar-refractivity contribution in [3.05, 3.63) is 89.6 Å². The van der Waals surface area contributed by atoms with Crippen LogP contribution in [0.25, 0.3) is 5.65 Å². The predicted octanol–water partition coefficient (Wildman–Crippen LogP) is 4.28. The molecule has 4 aromatic rings. The van der Waals surface area contributed by atoms with E-state index in [-0.39, 0.29) is 11.9 Å². The number of hydrogen-bond donors (Lipinski definition) is 1. The number of benzene rings is 1. The van der Waals surface area contributed by atoms with E-state index in [0.717, 1.165) is 35.6 Å². The second-order valence-electron chi connectivity index (χ2n) is 7.43. The van der Waals surface area contributed by atoms with Gasteiger partial charge in [0.1, 0.15) is 12.4 Å². The number of hydrogen-bond acceptors (Lipinski definition) is 5. The smallest absolute Gasteiger partial charge is 0.251 e. The average molecular weight is 415 g/mol. The van der Waals surface area contributed by atoms with Gasteiger partial charge in [0.25, 0.3) is 5.91 Å². The van der Waals surface area contributed by atoms with Crippen LogP contribution in [0.1, 0.15) is 53.2 Å². The van der Waals surface area contributed by atoms with Crippen LogP contribution in [0.15, 0.2) is 67.0 Å². The summed E-state index contributed by atoms with van der Waals surface area (Å²) in [6.07, 6.45) is 5.29. The quantitative estimate of drug-likeness (QED) is 0.464. The van der Waals surface area contributed by atoms with E-state index in [1.807, 2.05) is 66.1 Å². The SMILES string of the molecule is CCCC(NC(=O)c1cccc(COc2ccc(C)nc2)c1)c1nnc2ccccn12. The van der Waals surface area contributed by atoms with Crippen molar-refractivity contribution in [3.8, 4) is 5.75 Å². The van der Waals surface area contributed by atoms with Crippen molar-refractivity contribution in [1.29, 1.82) is 0 Å². The van der Waals surface area contributed by atoms with E-state index in [1.54, 1.807) is 12.3 Å². The van der Waals surface area contributed by atoms with Gasteiger partial charge in [0.2, 0.25) is 0 Å². The van der Waals surface area contributed by atoms with E-state index in [9.17, 15) is 4.79 Å². The summed E-state index contributed by atoms with van der Waals surface area (Å²) in [5.41, 5.74) is 3.19. The first kappa shape index (κ1) is 20.5. The van der Waals surface area contributed by atoms with E-state index in [0.29, 0.717) is 17.9 Å². The molecule has 4 rings (SSSR count). The number of carbonyl (C=O) groups is 1. The third-order valence-corrected chi connectivity index (χ3v) is 5.01. The van der Waals surface area contributed by atoms with Crippen molar-refractivity contribution in [2.24, 2.45) is 0 Å². The standard InChI is InChI=1S/C24H25N5O2/c1-3-7-21(23-28-27-22-10-4-5-13-29(22)23)26-24(30)19-9-6-8-18(14-19)16-31-20-12-11-17(2)25-15-20/h4-6,8-15,21H,3,7,16H2,1-2H3,(H,26,30). The van der Waals surface area contributed by atoms with Crippen LogP contribution in [-0.4, -0.2) is 25.5 Å². The van der Waals surface area contributed by atoms with E-state index in [1.165, 1.54) is 0 Å². The van der Waals surface area contributed by atoms with Crippen molar-refractivity contribution >= 4 is 11.6 Å².